The Morgan fingerprint density at radius 2 is 1.94 bits per heavy atom. The molecule has 0 radical (unpaired) electrons. The maximum Gasteiger partial charge on any atom is 0.109 e. The molecule has 17 heavy (non-hydrogen) atoms. The molecular formula is C14H17N3. The van der Waals surface area contributed by atoms with Crippen LogP contribution < -0.4 is 5.73 Å². The maximum absolute atomic E-state index is 5.79. The minimum Gasteiger partial charge on any atom is -0.397 e. The molecule has 0 amide bonds. The highest BCUT2D eigenvalue weighted by molar-refractivity contribution is 5.61. The van der Waals surface area contributed by atoms with Gasteiger partial charge >= 0.3 is 0 Å². The molecule has 2 N–H and O–H groups in total. The van der Waals surface area contributed by atoms with E-state index in [0.717, 1.165) is 12.1 Å². The molecule has 0 saturated heterocycles. The van der Waals surface area contributed by atoms with E-state index in [4.69, 9.17) is 5.73 Å². The Morgan fingerprint density at radius 3 is 2.59 bits per heavy atom. The Balaban J connectivity index is 2.11. The summed E-state index contributed by atoms with van der Waals surface area (Å²) in [4.78, 5) is 0. The molecule has 2 rings (SSSR count). The Hall–Kier alpha value is -1.90. The van der Waals surface area contributed by atoms with Gasteiger partial charge in [0.2, 0.25) is 0 Å². The van der Waals surface area contributed by atoms with Crippen molar-refractivity contribution in [3.8, 4) is 0 Å². The topological polar surface area (TPSA) is 50.7 Å². The molecular weight excluding hydrogens is 210 g/mol. The Bertz CT molecular complexity index is 496. The fourth-order valence-electron chi connectivity index (χ4n) is 1.58. The SMILES string of the molecule is CC1(C)C=CC(N=Nc2ccccc2N)=CC1. The van der Waals surface area contributed by atoms with Crippen molar-refractivity contribution in [3.05, 3.63) is 48.2 Å². The Labute approximate surface area is 102 Å². The molecule has 3 nitrogen and oxygen atoms in total. The van der Waals surface area contributed by atoms with Gasteiger partial charge in [0.25, 0.3) is 0 Å². The van der Waals surface area contributed by atoms with Crippen molar-refractivity contribution in [1.82, 2.24) is 0 Å². The van der Waals surface area contributed by atoms with Gasteiger partial charge in [-0.3, -0.25) is 0 Å². The molecule has 0 saturated carbocycles. The van der Waals surface area contributed by atoms with Crippen LogP contribution in [0.4, 0.5) is 11.4 Å². The lowest BCUT2D eigenvalue weighted by atomic mass is 9.85. The first-order chi connectivity index (χ1) is 8.07. The monoisotopic (exact) mass is 227 g/mol. The van der Waals surface area contributed by atoms with Crippen LogP contribution in [0.1, 0.15) is 20.3 Å². The largest absolute Gasteiger partial charge is 0.397 e. The molecule has 1 aliphatic rings. The molecule has 0 spiro atoms. The normalized spacial score (nSPS) is 18.4. The first-order valence-electron chi connectivity index (χ1n) is 5.72. The summed E-state index contributed by atoms with van der Waals surface area (Å²) in [6, 6.07) is 7.47. The summed E-state index contributed by atoms with van der Waals surface area (Å²) in [5.74, 6) is 0. The maximum atomic E-state index is 5.79. The minimum atomic E-state index is 0.227. The molecule has 0 unspecified atom stereocenters. The average Bonchev–Trinajstić information content (AvgIpc) is 2.30. The zero-order chi connectivity index (χ0) is 12.3. The highest BCUT2D eigenvalue weighted by Gasteiger charge is 2.15. The second-order valence-corrected chi connectivity index (χ2v) is 4.91. The van der Waals surface area contributed by atoms with Crippen LogP contribution in [-0.2, 0) is 0 Å². The number of para-hydroxylation sites is 1. The minimum absolute atomic E-state index is 0.227. The second-order valence-electron chi connectivity index (χ2n) is 4.91. The quantitative estimate of drug-likeness (QED) is 0.596. The van der Waals surface area contributed by atoms with Crippen molar-refractivity contribution in [3.63, 3.8) is 0 Å². The third-order valence-corrected chi connectivity index (χ3v) is 2.75. The van der Waals surface area contributed by atoms with Crippen molar-refractivity contribution >= 4 is 11.4 Å². The molecule has 0 bridgehead atoms. The summed E-state index contributed by atoms with van der Waals surface area (Å²) < 4.78 is 0. The van der Waals surface area contributed by atoms with E-state index in [2.05, 4.69) is 36.2 Å². The van der Waals surface area contributed by atoms with Crippen molar-refractivity contribution in [1.29, 1.82) is 0 Å². The lowest BCUT2D eigenvalue weighted by Gasteiger charge is -2.20. The standard InChI is InChI=1S/C14H17N3/c1-14(2)9-7-11(8-10-14)16-17-13-6-4-3-5-12(13)15/h3-9H,10,15H2,1-2H3. The Kier molecular flexibility index (Phi) is 3.09. The van der Waals surface area contributed by atoms with Crippen LogP contribution in [0.25, 0.3) is 0 Å². The molecule has 3 heteroatoms. The number of hydrogen-bond acceptors (Lipinski definition) is 3. The molecule has 0 fully saturated rings. The number of allylic oxidation sites excluding steroid dienone is 3. The van der Waals surface area contributed by atoms with E-state index in [-0.39, 0.29) is 5.41 Å². The van der Waals surface area contributed by atoms with Gasteiger partial charge in [-0.15, -0.1) is 5.11 Å². The van der Waals surface area contributed by atoms with Gasteiger partial charge in [-0.05, 0) is 30.0 Å². The Morgan fingerprint density at radius 1 is 1.18 bits per heavy atom. The lowest BCUT2D eigenvalue weighted by molar-refractivity contribution is 0.481. The van der Waals surface area contributed by atoms with E-state index in [9.17, 15) is 0 Å². The summed E-state index contributed by atoms with van der Waals surface area (Å²) in [6.45, 7) is 4.40. The molecule has 1 aromatic rings. The average molecular weight is 227 g/mol. The van der Waals surface area contributed by atoms with Gasteiger partial charge in [-0.2, -0.15) is 5.11 Å². The first kappa shape index (κ1) is 11.6. The number of benzene rings is 1. The van der Waals surface area contributed by atoms with Crippen molar-refractivity contribution in [2.45, 2.75) is 20.3 Å². The third-order valence-electron chi connectivity index (χ3n) is 2.75. The van der Waals surface area contributed by atoms with Crippen LogP contribution in [0.2, 0.25) is 0 Å². The zero-order valence-electron chi connectivity index (χ0n) is 10.2. The molecule has 0 aliphatic heterocycles. The number of hydrogen-bond donors (Lipinski definition) is 1. The van der Waals surface area contributed by atoms with Crippen LogP contribution in [0, 0.1) is 5.41 Å². The summed E-state index contributed by atoms with van der Waals surface area (Å²) in [5, 5.41) is 8.36. The predicted molar refractivity (Wildman–Crippen MR) is 71.0 cm³/mol. The van der Waals surface area contributed by atoms with Crippen molar-refractivity contribution in [2.75, 3.05) is 5.73 Å². The number of rotatable bonds is 2. The first-order valence-corrected chi connectivity index (χ1v) is 5.72. The molecule has 0 aromatic heterocycles. The van der Waals surface area contributed by atoms with E-state index >= 15 is 0 Å². The van der Waals surface area contributed by atoms with Crippen LogP contribution in [0.15, 0.2) is 58.4 Å². The second kappa shape index (κ2) is 4.53. The van der Waals surface area contributed by atoms with E-state index < -0.39 is 0 Å². The number of nitrogens with two attached hydrogens (primary N) is 1. The summed E-state index contributed by atoms with van der Waals surface area (Å²) in [7, 11) is 0. The fraction of sp³-hybridized carbons (Fsp3) is 0.286. The molecule has 1 aromatic carbocycles. The van der Waals surface area contributed by atoms with Gasteiger partial charge in [0.1, 0.15) is 5.69 Å². The lowest BCUT2D eigenvalue weighted by Crippen LogP contribution is -2.08. The summed E-state index contributed by atoms with van der Waals surface area (Å²) >= 11 is 0. The van der Waals surface area contributed by atoms with E-state index in [1.165, 1.54) is 0 Å². The van der Waals surface area contributed by atoms with Crippen molar-refractivity contribution < 1.29 is 0 Å². The molecule has 0 heterocycles. The fourth-order valence-corrected chi connectivity index (χ4v) is 1.58. The van der Waals surface area contributed by atoms with Gasteiger partial charge in [0.05, 0.1) is 11.4 Å². The van der Waals surface area contributed by atoms with Gasteiger partial charge in [-0.25, -0.2) is 0 Å². The van der Waals surface area contributed by atoms with E-state index in [0.29, 0.717) is 11.4 Å². The molecule has 0 atom stereocenters. The highest BCUT2D eigenvalue weighted by atomic mass is 15.1. The van der Waals surface area contributed by atoms with Gasteiger partial charge in [0, 0.05) is 0 Å². The van der Waals surface area contributed by atoms with Gasteiger partial charge in [-0.1, -0.05) is 38.1 Å². The van der Waals surface area contributed by atoms with Gasteiger partial charge < -0.3 is 5.73 Å². The number of anilines is 1. The summed E-state index contributed by atoms with van der Waals surface area (Å²) in [5.41, 5.74) is 8.28. The van der Waals surface area contributed by atoms with Crippen LogP contribution in [0.3, 0.4) is 0 Å². The van der Waals surface area contributed by atoms with Gasteiger partial charge in [0.15, 0.2) is 0 Å². The number of azo groups is 1. The van der Waals surface area contributed by atoms with E-state index in [1.54, 1.807) is 0 Å². The smallest absolute Gasteiger partial charge is 0.109 e. The number of nitrogen functional groups attached to an aromatic ring is 1. The number of nitrogens with zero attached hydrogens (tertiary/aromatic N) is 2. The highest BCUT2D eigenvalue weighted by Crippen LogP contribution is 2.29. The molecule has 88 valence electrons. The zero-order valence-corrected chi connectivity index (χ0v) is 10.2. The predicted octanol–water partition coefficient (Wildman–Crippen LogP) is 4.22. The van der Waals surface area contributed by atoms with Crippen molar-refractivity contribution in [2.24, 2.45) is 15.6 Å². The van der Waals surface area contributed by atoms with Crippen LogP contribution >= 0.6 is 0 Å². The van der Waals surface area contributed by atoms with Crippen LogP contribution in [0.5, 0.6) is 0 Å². The third kappa shape index (κ3) is 3.03. The van der Waals surface area contributed by atoms with Crippen LogP contribution in [-0.4, -0.2) is 0 Å². The van der Waals surface area contributed by atoms with E-state index in [1.807, 2.05) is 30.3 Å². The molecule has 1 aliphatic carbocycles. The summed E-state index contributed by atoms with van der Waals surface area (Å²) in [6.07, 6.45) is 7.26.